The number of halogens is 4. The molecule has 0 saturated carbocycles. The number of rotatable bonds is 10. The molecule has 340 valence electrons. The monoisotopic (exact) mass is 950 g/mol. The zero-order valence-electron chi connectivity index (χ0n) is 35.9. The van der Waals surface area contributed by atoms with Gasteiger partial charge < -0.3 is 29.5 Å². The molecular weight excluding hydrogens is 898 g/mol. The number of ether oxygens (including phenoxy) is 2. The highest BCUT2D eigenvalue weighted by atomic mass is 35.5. The lowest BCUT2D eigenvalue weighted by Gasteiger charge is -2.52. The summed E-state index contributed by atoms with van der Waals surface area (Å²) in [5.41, 5.74) is 1.86. The fraction of sp³-hybridized carbons (Fsp3) is 0.440. The number of aliphatic carboxylic acids is 2. The number of hydrogen-bond acceptors (Lipinski definition) is 6. The van der Waals surface area contributed by atoms with Crippen LogP contribution in [-0.4, -0.2) is 82.3 Å². The Balaban J connectivity index is 0.000000191. The van der Waals surface area contributed by atoms with Gasteiger partial charge in [0.25, 0.3) is 0 Å². The van der Waals surface area contributed by atoms with Crippen LogP contribution in [0.2, 0.25) is 20.1 Å². The van der Waals surface area contributed by atoms with E-state index < -0.39 is 22.8 Å². The third-order valence-corrected chi connectivity index (χ3v) is 14.3. The van der Waals surface area contributed by atoms with Crippen molar-refractivity contribution in [1.82, 2.24) is 9.80 Å². The van der Waals surface area contributed by atoms with E-state index in [1.54, 1.807) is 13.8 Å². The molecule has 64 heavy (non-hydrogen) atoms. The molecule has 0 spiro atoms. The van der Waals surface area contributed by atoms with Crippen molar-refractivity contribution in [3.63, 3.8) is 0 Å². The molecule has 4 heterocycles. The minimum Gasteiger partial charge on any atom is -0.481 e. The van der Waals surface area contributed by atoms with E-state index in [9.17, 15) is 29.4 Å². The maximum atomic E-state index is 13.9. The Kier molecular flexibility index (Phi) is 15.4. The molecule has 8 rings (SSSR count). The van der Waals surface area contributed by atoms with Crippen LogP contribution in [0.4, 0.5) is 0 Å². The van der Waals surface area contributed by atoms with Crippen molar-refractivity contribution in [1.29, 1.82) is 0 Å². The lowest BCUT2D eigenvalue weighted by Crippen LogP contribution is -2.57. The van der Waals surface area contributed by atoms with E-state index in [0.717, 1.165) is 47.9 Å². The summed E-state index contributed by atoms with van der Waals surface area (Å²) in [7, 11) is 0. The third-order valence-electron chi connectivity index (χ3n) is 13.3. The molecule has 0 aromatic heterocycles. The Labute approximate surface area is 394 Å². The molecule has 4 aliphatic heterocycles. The first kappa shape index (κ1) is 47.8. The van der Waals surface area contributed by atoms with E-state index >= 15 is 0 Å². The molecule has 2 N–H and O–H groups in total. The molecule has 4 saturated heterocycles. The molecule has 0 unspecified atom stereocenters. The van der Waals surface area contributed by atoms with Gasteiger partial charge in [0.1, 0.15) is 0 Å². The predicted octanol–water partition coefficient (Wildman–Crippen LogP) is 11.4. The number of carboxylic acids is 2. The van der Waals surface area contributed by atoms with Gasteiger partial charge in [-0.25, -0.2) is 0 Å². The first-order valence-corrected chi connectivity index (χ1v) is 23.3. The van der Waals surface area contributed by atoms with E-state index in [1.165, 1.54) is 0 Å². The van der Waals surface area contributed by atoms with E-state index in [0.29, 0.717) is 59.4 Å². The van der Waals surface area contributed by atoms with Gasteiger partial charge in [-0.2, -0.15) is 0 Å². The SMILES string of the molecule is C[C@]1(CC(=O)O)C[C@H](c2cccc(Cl)c2)[C@@H](c2ccc(Cl)cc2)N([C@@H]2CCCOC2)C1=O.C[C@]1(CC(=O)O)C[C@H](c2cccc(Cl)c2)[C@@H](c2ccc(Cl)cc2)N([C@H]2CCCOC2)C1=O. The van der Waals surface area contributed by atoms with Gasteiger partial charge in [-0.05, 0) is 109 Å². The van der Waals surface area contributed by atoms with E-state index in [2.05, 4.69) is 0 Å². The zero-order valence-corrected chi connectivity index (χ0v) is 39.0. The van der Waals surface area contributed by atoms with Gasteiger partial charge >= 0.3 is 11.9 Å². The summed E-state index contributed by atoms with van der Waals surface area (Å²) in [5, 5.41) is 21.7. The molecule has 0 aliphatic carbocycles. The number of hydrogen-bond donors (Lipinski definition) is 2. The van der Waals surface area contributed by atoms with Crippen LogP contribution in [0.25, 0.3) is 0 Å². The highest BCUT2D eigenvalue weighted by Gasteiger charge is 2.54. The van der Waals surface area contributed by atoms with Crippen LogP contribution in [0.5, 0.6) is 0 Å². The summed E-state index contributed by atoms with van der Waals surface area (Å²) in [6, 6.07) is 29.6. The van der Waals surface area contributed by atoms with Gasteiger partial charge in [0.2, 0.25) is 11.8 Å². The standard InChI is InChI=1S/2C25H27Cl2NO4/c2*1-25(14-22(29)30)13-21(17-4-2-5-19(27)12-17)23(16-7-9-18(26)10-8-16)28(24(25)31)20-6-3-11-32-15-20/h2*2,4-5,7-10,12,20-21,23H,3,6,11,13-15H2,1H3,(H,29,30)/t20-,21+,23+,25+;20-,21-,23-,25-/m01/s1. The number of carboxylic acid groups (broad SMARTS) is 2. The summed E-state index contributed by atoms with van der Waals surface area (Å²) in [5.74, 6) is -2.47. The fourth-order valence-electron chi connectivity index (χ4n) is 10.4. The molecule has 4 aromatic rings. The van der Waals surface area contributed by atoms with Crippen molar-refractivity contribution in [3.8, 4) is 0 Å². The van der Waals surface area contributed by atoms with Crippen LogP contribution in [-0.2, 0) is 28.7 Å². The van der Waals surface area contributed by atoms with Gasteiger partial charge in [-0.15, -0.1) is 0 Å². The van der Waals surface area contributed by atoms with E-state index in [1.807, 2.05) is 107 Å². The predicted molar refractivity (Wildman–Crippen MR) is 248 cm³/mol. The minimum atomic E-state index is -1.03. The van der Waals surface area contributed by atoms with Crippen LogP contribution in [0.15, 0.2) is 97.1 Å². The van der Waals surface area contributed by atoms with Crippen LogP contribution in [0, 0.1) is 10.8 Å². The van der Waals surface area contributed by atoms with Gasteiger partial charge in [0.15, 0.2) is 0 Å². The van der Waals surface area contributed by atoms with Gasteiger partial charge in [-0.1, -0.05) is 109 Å². The van der Waals surface area contributed by atoms with E-state index in [-0.39, 0.29) is 60.7 Å². The van der Waals surface area contributed by atoms with Gasteiger partial charge in [0, 0.05) is 45.1 Å². The molecule has 0 radical (unpaired) electrons. The average molecular weight is 953 g/mol. The number of benzene rings is 4. The van der Waals surface area contributed by atoms with Crippen molar-refractivity contribution in [2.75, 3.05) is 26.4 Å². The maximum Gasteiger partial charge on any atom is 0.304 e. The Morgan fingerprint density at radius 3 is 1.27 bits per heavy atom. The number of likely N-dealkylation sites (tertiary alicyclic amines) is 2. The Morgan fingerprint density at radius 1 is 0.578 bits per heavy atom. The van der Waals surface area contributed by atoms with Crippen LogP contribution < -0.4 is 0 Å². The van der Waals surface area contributed by atoms with Crippen molar-refractivity contribution in [2.24, 2.45) is 10.8 Å². The second-order valence-corrected chi connectivity index (χ2v) is 19.9. The summed E-state index contributed by atoms with van der Waals surface area (Å²) in [6.07, 6.45) is 3.74. The number of carbonyl (C=O) groups is 4. The Hall–Kier alpha value is -4.16. The van der Waals surface area contributed by atoms with Crippen LogP contribution in [0.1, 0.15) is 111 Å². The van der Waals surface area contributed by atoms with Crippen LogP contribution in [0.3, 0.4) is 0 Å². The smallest absolute Gasteiger partial charge is 0.304 e. The average Bonchev–Trinajstić information content (AvgIpc) is 3.26. The number of nitrogens with zero attached hydrogens (tertiary/aromatic N) is 2. The lowest BCUT2D eigenvalue weighted by molar-refractivity contribution is -0.163. The van der Waals surface area contributed by atoms with Gasteiger partial charge in [-0.3, -0.25) is 19.2 Å². The fourth-order valence-corrected chi connectivity index (χ4v) is 11.1. The maximum absolute atomic E-state index is 13.9. The third kappa shape index (κ3) is 10.8. The highest BCUT2D eigenvalue weighted by Crippen LogP contribution is 2.54. The summed E-state index contributed by atoms with van der Waals surface area (Å²) in [6.45, 7) is 5.79. The van der Waals surface area contributed by atoms with Crippen molar-refractivity contribution in [3.05, 3.63) is 139 Å². The number of piperidine rings is 2. The lowest BCUT2D eigenvalue weighted by atomic mass is 9.67. The van der Waals surface area contributed by atoms with E-state index in [4.69, 9.17) is 55.9 Å². The molecule has 4 aliphatic rings. The molecule has 10 nitrogen and oxygen atoms in total. The molecule has 4 aromatic carbocycles. The molecular formula is C50H54Cl4N2O8. The first-order chi connectivity index (χ1) is 30.6. The van der Waals surface area contributed by atoms with Crippen molar-refractivity contribution >= 4 is 70.2 Å². The second kappa shape index (κ2) is 20.6. The topological polar surface area (TPSA) is 134 Å². The molecule has 4 fully saturated rings. The van der Waals surface area contributed by atoms with Gasteiger partial charge in [0.05, 0.1) is 61.1 Å². The van der Waals surface area contributed by atoms with Crippen molar-refractivity contribution < 1.29 is 38.9 Å². The number of carbonyl (C=O) groups excluding carboxylic acids is 2. The first-order valence-electron chi connectivity index (χ1n) is 21.8. The quantitative estimate of drug-likeness (QED) is 0.161. The molecule has 8 atom stereocenters. The highest BCUT2D eigenvalue weighted by molar-refractivity contribution is 6.31. The number of amides is 2. The molecule has 2 amide bonds. The van der Waals surface area contributed by atoms with Crippen molar-refractivity contribution in [2.45, 2.75) is 101 Å². The van der Waals surface area contributed by atoms with Crippen LogP contribution >= 0.6 is 46.4 Å². The summed E-state index contributed by atoms with van der Waals surface area (Å²) in [4.78, 5) is 55.2. The zero-order chi connectivity index (χ0) is 45.8. The normalized spacial score (nSPS) is 28.5. The summed E-state index contributed by atoms with van der Waals surface area (Å²) < 4.78 is 11.5. The Morgan fingerprint density at radius 2 is 0.953 bits per heavy atom. The minimum absolute atomic E-state index is 0.118. The Bertz CT molecular complexity index is 2140. The summed E-state index contributed by atoms with van der Waals surface area (Å²) >= 11 is 25.0. The molecule has 14 heteroatoms. The largest absolute Gasteiger partial charge is 0.481 e. The molecule has 0 bridgehead atoms. The second-order valence-electron chi connectivity index (χ2n) is 18.2.